The zero-order valence-corrected chi connectivity index (χ0v) is 22.3. The molecule has 3 aliphatic carbocycles. The zero-order valence-electron chi connectivity index (χ0n) is 22.3. The Hall–Kier alpha value is -4.32. The van der Waals surface area contributed by atoms with Gasteiger partial charge >= 0.3 is 0 Å². The van der Waals surface area contributed by atoms with Crippen molar-refractivity contribution in [2.75, 3.05) is 0 Å². The van der Waals surface area contributed by atoms with E-state index in [0.717, 1.165) is 89.4 Å². The van der Waals surface area contributed by atoms with Crippen molar-refractivity contribution >= 4 is 55.9 Å². The molecule has 2 unspecified atom stereocenters. The average Bonchev–Trinajstić information content (AvgIpc) is 3.56. The fourth-order valence-electron chi connectivity index (χ4n) is 6.12. The molecule has 3 aromatic heterocycles. The molecule has 8 rings (SSSR count). The van der Waals surface area contributed by atoms with Gasteiger partial charge in [-0.1, -0.05) is 12.2 Å². The number of nitrogens with zero attached hydrogens (tertiary/aromatic N) is 2. The number of aromatic amines is 2. The van der Waals surface area contributed by atoms with Crippen LogP contribution in [0.15, 0.2) is 36.4 Å². The highest BCUT2D eigenvalue weighted by atomic mass is 16.2. The number of fused-ring (bicyclic) bond motifs is 9. The van der Waals surface area contributed by atoms with Crippen LogP contribution >= 0.6 is 0 Å². The molecule has 6 heteroatoms. The van der Waals surface area contributed by atoms with Gasteiger partial charge in [-0.2, -0.15) is 0 Å². The van der Waals surface area contributed by atoms with Gasteiger partial charge in [0.1, 0.15) is 0 Å². The number of aryl methyl sites for hydroxylation is 4. The number of hydrogen-bond donors (Lipinski definition) is 2. The lowest BCUT2D eigenvalue weighted by atomic mass is 9.69. The highest BCUT2D eigenvalue weighted by Gasteiger charge is 2.47. The maximum absolute atomic E-state index is 12.9. The first-order valence-corrected chi connectivity index (χ1v) is 13.0. The van der Waals surface area contributed by atoms with Gasteiger partial charge in [0, 0.05) is 22.1 Å². The molecule has 2 aliphatic heterocycles. The molecule has 10 bridgehead atoms. The summed E-state index contributed by atoms with van der Waals surface area (Å²) in [6, 6.07) is 8.29. The summed E-state index contributed by atoms with van der Waals surface area (Å²) in [5.74, 6) is -1.85. The normalized spacial score (nSPS) is 20.2. The molecule has 0 spiro atoms. The van der Waals surface area contributed by atoms with Crippen molar-refractivity contribution in [1.29, 1.82) is 0 Å². The molecule has 0 amide bonds. The summed E-state index contributed by atoms with van der Waals surface area (Å²) in [4.78, 5) is 43.0. The van der Waals surface area contributed by atoms with Crippen LogP contribution in [-0.4, -0.2) is 31.5 Å². The molecule has 0 aromatic carbocycles. The van der Waals surface area contributed by atoms with Gasteiger partial charge in [-0.05, 0) is 110 Å². The Morgan fingerprint density at radius 1 is 0.526 bits per heavy atom. The topological polar surface area (TPSA) is 91.5 Å². The first-order valence-electron chi connectivity index (χ1n) is 13.0. The Kier molecular flexibility index (Phi) is 4.57. The summed E-state index contributed by atoms with van der Waals surface area (Å²) >= 11 is 0. The molecule has 6 nitrogen and oxygen atoms in total. The van der Waals surface area contributed by atoms with Crippen molar-refractivity contribution in [3.63, 3.8) is 0 Å². The fraction of sp³-hybridized carbons (Fsp3) is 0.250. The summed E-state index contributed by atoms with van der Waals surface area (Å²) in [6.07, 6.45) is 3.74. The molecule has 2 atom stereocenters. The molecule has 2 N–H and O–H groups in total. The Morgan fingerprint density at radius 3 is 1.21 bits per heavy atom. The Bertz CT molecular complexity index is 1790. The van der Waals surface area contributed by atoms with Gasteiger partial charge in [0.2, 0.25) is 11.6 Å². The Labute approximate surface area is 220 Å². The number of carbonyl (C=O) groups excluding carboxylic acids is 2. The molecule has 5 heterocycles. The van der Waals surface area contributed by atoms with Crippen molar-refractivity contribution < 1.29 is 9.59 Å². The van der Waals surface area contributed by atoms with Crippen molar-refractivity contribution in [2.24, 2.45) is 11.8 Å². The first kappa shape index (κ1) is 22.8. The SMILES string of the molecule is CC1=C(C)c2cc3[nH]c(cc4nc(cc5[nH]c(cc1n2)c(C)c5C)C1=C4C2C=CC1C(=O)C2=O)c(C)c3C. The van der Waals surface area contributed by atoms with Crippen LogP contribution in [0.2, 0.25) is 0 Å². The number of Topliss-reactive ketones (excluding diaryl/α,β-unsaturated/α-hetero) is 2. The van der Waals surface area contributed by atoms with E-state index in [9.17, 15) is 9.59 Å². The predicted molar refractivity (Wildman–Crippen MR) is 151 cm³/mol. The Balaban J connectivity index is 1.65. The predicted octanol–water partition coefficient (Wildman–Crippen LogP) is 6.36. The van der Waals surface area contributed by atoms with Crippen LogP contribution in [0.4, 0.5) is 0 Å². The van der Waals surface area contributed by atoms with E-state index < -0.39 is 11.8 Å². The van der Waals surface area contributed by atoms with Crippen LogP contribution in [0.25, 0.3) is 44.4 Å². The maximum Gasteiger partial charge on any atom is 0.210 e. The molecule has 188 valence electrons. The van der Waals surface area contributed by atoms with Gasteiger partial charge in [0.15, 0.2) is 0 Å². The number of H-pyrrole nitrogens is 2. The summed E-state index contributed by atoms with van der Waals surface area (Å²) in [7, 11) is 0. The van der Waals surface area contributed by atoms with E-state index in [1.165, 1.54) is 0 Å². The van der Waals surface area contributed by atoms with Crippen LogP contribution < -0.4 is 0 Å². The lowest BCUT2D eigenvalue weighted by molar-refractivity contribution is -0.138. The first-order chi connectivity index (χ1) is 18.1. The summed E-state index contributed by atoms with van der Waals surface area (Å²) in [6.45, 7) is 12.6. The summed E-state index contributed by atoms with van der Waals surface area (Å²) < 4.78 is 0. The van der Waals surface area contributed by atoms with E-state index in [0.29, 0.717) is 0 Å². The van der Waals surface area contributed by atoms with Crippen molar-refractivity contribution in [3.05, 3.63) is 81.4 Å². The van der Waals surface area contributed by atoms with E-state index >= 15 is 0 Å². The van der Waals surface area contributed by atoms with Crippen LogP contribution in [0.3, 0.4) is 0 Å². The largest absolute Gasteiger partial charge is 0.355 e. The minimum absolute atomic E-state index is 0.342. The number of ketones is 2. The fourth-order valence-corrected chi connectivity index (χ4v) is 6.12. The van der Waals surface area contributed by atoms with Gasteiger partial charge in [0.25, 0.3) is 0 Å². The van der Waals surface area contributed by atoms with E-state index in [1.807, 2.05) is 24.3 Å². The van der Waals surface area contributed by atoms with Gasteiger partial charge in [-0.3, -0.25) is 9.59 Å². The number of allylic oxidation sites excluding steroid dienone is 6. The molecule has 0 saturated heterocycles. The average molecular weight is 501 g/mol. The minimum atomic E-state index is -0.583. The van der Waals surface area contributed by atoms with Crippen molar-refractivity contribution in [2.45, 2.75) is 41.5 Å². The molecule has 0 fully saturated rings. The number of hydrogen-bond acceptors (Lipinski definition) is 4. The molecule has 5 aliphatic rings. The third-order valence-corrected chi connectivity index (χ3v) is 8.98. The maximum atomic E-state index is 12.9. The number of carbonyl (C=O) groups is 2. The summed E-state index contributed by atoms with van der Waals surface area (Å²) in [5.41, 5.74) is 15.8. The van der Waals surface area contributed by atoms with Crippen LogP contribution in [-0.2, 0) is 9.59 Å². The van der Waals surface area contributed by atoms with Crippen molar-refractivity contribution in [3.8, 4) is 0 Å². The highest BCUT2D eigenvalue weighted by molar-refractivity contribution is 6.47. The standard InChI is InChI=1S/C32H28N4O2/c1-13-14(2)22-10-24-16(4)18(6)26(35-24)12-28-30-20-8-7-19(31(37)32(20)38)29(30)27(36-28)11-25-17(5)15(3)23(34-25)9-21(13)33-22/h7-12,19-20,34-35H,1-6H3. The third-order valence-electron chi connectivity index (χ3n) is 8.98. The lowest BCUT2D eigenvalue weighted by Crippen LogP contribution is -2.37. The lowest BCUT2D eigenvalue weighted by Gasteiger charge is -2.30. The zero-order chi connectivity index (χ0) is 26.6. The second-order valence-electron chi connectivity index (χ2n) is 10.9. The molecular formula is C32H28N4O2. The third kappa shape index (κ3) is 2.94. The van der Waals surface area contributed by atoms with E-state index in [1.54, 1.807) is 0 Å². The molecule has 0 saturated carbocycles. The van der Waals surface area contributed by atoms with E-state index in [4.69, 9.17) is 9.97 Å². The second-order valence-corrected chi connectivity index (χ2v) is 10.9. The van der Waals surface area contributed by atoms with E-state index in [-0.39, 0.29) is 11.6 Å². The number of rotatable bonds is 0. The molecule has 0 radical (unpaired) electrons. The highest BCUT2D eigenvalue weighted by Crippen LogP contribution is 2.48. The van der Waals surface area contributed by atoms with Crippen LogP contribution in [0.1, 0.15) is 58.9 Å². The Morgan fingerprint density at radius 2 is 0.842 bits per heavy atom. The minimum Gasteiger partial charge on any atom is -0.355 e. The van der Waals surface area contributed by atoms with E-state index in [2.05, 4.69) is 63.6 Å². The van der Waals surface area contributed by atoms with Gasteiger partial charge < -0.3 is 9.97 Å². The number of nitrogens with one attached hydrogen (secondary N) is 2. The van der Waals surface area contributed by atoms with Gasteiger partial charge in [-0.15, -0.1) is 0 Å². The smallest absolute Gasteiger partial charge is 0.210 e. The molecule has 38 heavy (non-hydrogen) atoms. The second kappa shape index (κ2) is 7.60. The monoisotopic (exact) mass is 500 g/mol. The van der Waals surface area contributed by atoms with Gasteiger partial charge in [0.05, 0.1) is 34.6 Å². The summed E-state index contributed by atoms with van der Waals surface area (Å²) in [5, 5.41) is 0. The van der Waals surface area contributed by atoms with Crippen LogP contribution in [0.5, 0.6) is 0 Å². The molecule has 3 aromatic rings. The number of aromatic nitrogens is 4. The quantitative estimate of drug-likeness (QED) is 0.277. The van der Waals surface area contributed by atoms with Gasteiger partial charge in [-0.25, -0.2) is 9.97 Å². The van der Waals surface area contributed by atoms with Crippen molar-refractivity contribution in [1.82, 2.24) is 19.9 Å². The van der Waals surface area contributed by atoms with Crippen LogP contribution in [0, 0.1) is 39.5 Å². The molecular weight excluding hydrogens is 472 g/mol.